The number of halogens is 1. The molecule has 1 saturated heterocycles. The Kier molecular flexibility index (Phi) is 5.70. The van der Waals surface area contributed by atoms with Gasteiger partial charge in [0.15, 0.2) is 0 Å². The lowest BCUT2D eigenvalue weighted by Gasteiger charge is -2.10. The topological polar surface area (TPSA) is 60.8 Å². The highest BCUT2D eigenvalue weighted by atomic mass is 35.5. The van der Waals surface area contributed by atoms with Crippen molar-refractivity contribution in [3.63, 3.8) is 0 Å². The van der Waals surface area contributed by atoms with Gasteiger partial charge in [0.2, 0.25) is 0 Å². The van der Waals surface area contributed by atoms with Gasteiger partial charge in [0, 0.05) is 25.7 Å². The molecule has 0 spiro atoms. The van der Waals surface area contributed by atoms with Crippen LogP contribution in [0.2, 0.25) is 0 Å². The first-order chi connectivity index (χ1) is 5.68. The molecule has 76 valence electrons. The average Bonchev–Trinajstić information content (AvgIpc) is 2.35. The highest BCUT2D eigenvalue weighted by molar-refractivity contribution is 5.85. The third kappa shape index (κ3) is 4.87. The Morgan fingerprint density at radius 3 is 2.77 bits per heavy atom. The van der Waals surface area contributed by atoms with E-state index in [0.717, 1.165) is 19.0 Å². The zero-order chi connectivity index (χ0) is 8.97. The first-order valence-electron chi connectivity index (χ1n) is 3.98. The summed E-state index contributed by atoms with van der Waals surface area (Å²) < 4.78 is 0. The van der Waals surface area contributed by atoms with E-state index in [-0.39, 0.29) is 18.5 Å². The summed E-state index contributed by atoms with van der Waals surface area (Å²) in [4.78, 5) is 12.1. The van der Waals surface area contributed by atoms with E-state index in [9.17, 15) is 4.79 Å². The van der Waals surface area contributed by atoms with Crippen molar-refractivity contribution in [1.82, 2.24) is 4.90 Å². The predicted octanol–water partition coefficient (Wildman–Crippen LogP) is 0.116. The zero-order valence-corrected chi connectivity index (χ0v) is 8.04. The van der Waals surface area contributed by atoms with Crippen LogP contribution in [-0.4, -0.2) is 46.8 Å². The van der Waals surface area contributed by atoms with Crippen LogP contribution in [0.25, 0.3) is 0 Å². The molecule has 4 nitrogen and oxygen atoms in total. The SMILES string of the molecule is Cl.O=C(O)/C=C/CN1CCC(O)C1. The molecule has 0 aromatic heterocycles. The van der Waals surface area contributed by atoms with Crippen molar-refractivity contribution in [2.45, 2.75) is 12.5 Å². The van der Waals surface area contributed by atoms with Crippen molar-refractivity contribution in [3.05, 3.63) is 12.2 Å². The molecule has 0 radical (unpaired) electrons. The molecule has 0 aromatic rings. The Labute approximate surface area is 83.3 Å². The number of nitrogens with zero attached hydrogens (tertiary/aromatic N) is 1. The summed E-state index contributed by atoms with van der Waals surface area (Å²) in [7, 11) is 0. The van der Waals surface area contributed by atoms with Gasteiger partial charge in [0.05, 0.1) is 6.10 Å². The molecule has 0 amide bonds. The molecule has 0 aromatic carbocycles. The molecule has 1 fully saturated rings. The van der Waals surface area contributed by atoms with Gasteiger partial charge in [-0.1, -0.05) is 6.08 Å². The van der Waals surface area contributed by atoms with Crippen LogP contribution in [0.5, 0.6) is 0 Å². The number of β-amino-alcohol motifs (C(OH)–C–C–N with tert-alkyl or cyclic N) is 1. The fraction of sp³-hybridized carbons (Fsp3) is 0.625. The lowest BCUT2D eigenvalue weighted by atomic mass is 10.3. The van der Waals surface area contributed by atoms with E-state index in [1.165, 1.54) is 0 Å². The Bertz CT molecular complexity index is 196. The van der Waals surface area contributed by atoms with Gasteiger partial charge in [0.1, 0.15) is 0 Å². The lowest BCUT2D eigenvalue weighted by molar-refractivity contribution is -0.131. The number of hydrogen-bond acceptors (Lipinski definition) is 3. The van der Waals surface area contributed by atoms with Gasteiger partial charge in [0.25, 0.3) is 0 Å². The summed E-state index contributed by atoms with van der Waals surface area (Å²) >= 11 is 0. The summed E-state index contributed by atoms with van der Waals surface area (Å²) in [5.41, 5.74) is 0. The van der Waals surface area contributed by atoms with Crippen molar-refractivity contribution >= 4 is 18.4 Å². The van der Waals surface area contributed by atoms with Crippen molar-refractivity contribution in [2.75, 3.05) is 19.6 Å². The van der Waals surface area contributed by atoms with Crippen molar-refractivity contribution in [1.29, 1.82) is 0 Å². The molecule has 1 atom stereocenters. The summed E-state index contributed by atoms with van der Waals surface area (Å²) in [6, 6.07) is 0. The molecule has 13 heavy (non-hydrogen) atoms. The highest BCUT2D eigenvalue weighted by Gasteiger charge is 2.18. The van der Waals surface area contributed by atoms with E-state index in [4.69, 9.17) is 10.2 Å². The maximum absolute atomic E-state index is 10.1. The molecule has 1 aliphatic rings. The monoisotopic (exact) mass is 207 g/mol. The second-order valence-electron chi connectivity index (χ2n) is 2.94. The van der Waals surface area contributed by atoms with Crippen LogP contribution in [0.4, 0.5) is 0 Å². The number of rotatable bonds is 3. The second-order valence-corrected chi connectivity index (χ2v) is 2.94. The van der Waals surface area contributed by atoms with Gasteiger partial charge in [-0.05, 0) is 6.42 Å². The van der Waals surface area contributed by atoms with E-state index in [1.54, 1.807) is 6.08 Å². The Hall–Kier alpha value is -0.580. The van der Waals surface area contributed by atoms with Crippen LogP contribution in [0.1, 0.15) is 6.42 Å². The van der Waals surface area contributed by atoms with E-state index in [1.807, 2.05) is 4.90 Å². The van der Waals surface area contributed by atoms with E-state index in [0.29, 0.717) is 13.1 Å². The highest BCUT2D eigenvalue weighted by Crippen LogP contribution is 2.07. The number of aliphatic carboxylic acids is 1. The van der Waals surface area contributed by atoms with Gasteiger partial charge in [-0.3, -0.25) is 4.90 Å². The molecule has 0 aliphatic carbocycles. The smallest absolute Gasteiger partial charge is 0.328 e. The zero-order valence-electron chi connectivity index (χ0n) is 7.22. The normalized spacial score (nSPS) is 23.3. The number of aliphatic hydroxyl groups is 1. The number of carboxylic acids is 1. The van der Waals surface area contributed by atoms with Crippen molar-refractivity contribution in [2.24, 2.45) is 0 Å². The number of hydrogen-bond donors (Lipinski definition) is 2. The minimum Gasteiger partial charge on any atom is -0.478 e. The molecule has 1 rings (SSSR count). The number of aliphatic hydroxyl groups excluding tert-OH is 1. The molecule has 5 heteroatoms. The quantitative estimate of drug-likeness (QED) is 0.646. The summed E-state index contributed by atoms with van der Waals surface area (Å²) in [6.45, 7) is 2.12. The average molecular weight is 208 g/mol. The molecule has 0 bridgehead atoms. The van der Waals surface area contributed by atoms with Gasteiger partial charge in [-0.2, -0.15) is 0 Å². The number of likely N-dealkylation sites (tertiary alicyclic amines) is 1. The van der Waals surface area contributed by atoms with Gasteiger partial charge >= 0.3 is 5.97 Å². The first kappa shape index (κ1) is 12.4. The third-order valence-corrected chi connectivity index (χ3v) is 1.87. The molecule has 0 saturated carbocycles. The summed E-state index contributed by atoms with van der Waals surface area (Å²) in [5, 5.41) is 17.4. The molecular weight excluding hydrogens is 194 g/mol. The lowest BCUT2D eigenvalue weighted by Crippen LogP contribution is -2.22. The molecule has 1 heterocycles. The van der Waals surface area contributed by atoms with Crippen molar-refractivity contribution in [3.8, 4) is 0 Å². The van der Waals surface area contributed by atoms with E-state index >= 15 is 0 Å². The van der Waals surface area contributed by atoms with Crippen LogP contribution >= 0.6 is 12.4 Å². The maximum Gasteiger partial charge on any atom is 0.328 e. The molecule has 1 aliphatic heterocycles. The van der Waals surface area contributed by atoms with Crippen LogP contribution in [-0.2, 0) is 4.79 Å². The Balaban J connectivity index is 0.00000144. The number of carboxylic acid groups (broad SMARTS) is 1. The first-order valence-corrected chi connectivity index (χ1v) is 3.98. The van der Waals surface area contributed by atoms with Gasteiger partial charge in [-0.15, -0.1) is 12.4 Å². The van der Waals surface area contributed by atoms with Gasteiger partial charge < -0.3 is 10.2 Å². The standard InChI is InChI=1S/C8H13NO3.ClH/c10-7-3-5-9(6-7)4-1-2-8(11)12;/h1-2,7,10H,3-6H2,(H,11,12);1H/b2-1+;. The predicted molar refractivity (Wildman–Crippen MR) is 51.1 cm³/mol. The van der Waals surface area contributed by atoms with Crippen LogP contribution in [0, 0.1) is 0 Å². The van der Waals surface area contributed by atoms with Crippen LogP contribution < -0.4 is 0 Å². The second kappa shape index (κ2) is 5.96. The van der Waals surface area contributed by atoms with Crippen molar-refractivity contribution < 1.29 is 15.0 Å². The fourth-order valence-electron chi connectivity index (χ4n) is 1.28. The summed E-state index contributed by atoms with van der Waals surface area (Å²) in [5.74, 6) is -0.922. The van der Waals surface area contributed by atoms with Gasteiger partial charge in [-0.25, -0.2) is 4.79 Å². The minimum atomic E-state index is -0.922. The number of carbonyl (C=O) groups is 1. The van der Waals surface area contributed by atoms with E-state index < -0.39 is 5.97 Å². The summed E-state index contributed by atoms with van der Waals surface area (Å²) in [6.07, 6.45) is 3.29. The largest absolute Gasteiger partial charge is 0.478 e. The molecule has 1 unspecified atom stereocenters. The van der Waals surface area contributed by atoms with E-state index in [2.05, 4.69) is 0 Å². The maximum atomic E-state index is 10.1. The third-order valence-electron chi connectivity index (χ3n) is 1.87. The Morgan fingerprint density at radius 1 is 1.62 bits per heavy atom. The molecular formula is C8H14ClNO3. The van der Waals surface area contributed by atoms with Crippen LogP contribution in [0.15, 0.2) is 12.2 Å². The fourth-order valence-corrected chi connectivity index (χ4v) is 1.28. The Morgan fingerprint density at radius 2 is 2.31 bits per heavy atom. The minimum absolute atomic E-state index is 0. The molecule has 2 N–H and O–H groups in total. The van der Waals surface area contributed by atoms with Crippen LogP contribution in [0.3, 0.4) is 0 Å².